The van der Waals surface area contributed by atoms with Crippen LogP contribution in [0.25, 0.3) is 0 Å². The van der Waals surface area contributed by atoms with Gasteiger partial charge < -0.3 is 10.7 Å². The van der Waals surface area contributed by atoms with Crippen LogP contribution in [0.4, 0.5) is 5.82 Å². The zero-order valence-electron chi connectivity index (χ0n) is 9.50. The first-order chi connectivity index (χ1) is 8.79. The molecule has 0 spiro atoms. The Labute approximate surface area is 103 Å². The topological polar surface area (TPSA) is 106 Å². The number of nitrogen functional groups attached to an aromatic ring is 1. The van der Waals surface area contributed by atoms with Gasteiger partial charge in [0.25, 0.3) is 5.91 Å². The van der Waals surface area contributed by atoms with Crippen molar-refractivity contribution >= 4 is 11.7 Å². The lowest BCUT2D eigenvalue weighted by molar-refractivity contribution is 0.0945. The molecular formula is C11H12N6O. The summed E-state index contributed by atoms with van der Waals surface area (Å²) >= 11 is 0. The van der Waals surface area contributed by atoms with Gasteiger partial charge in [0.05, 0.1) is 12.4 Å². The van der Waals surface area contributed by atoms with E-state index in [0.29, 0.717) is 12.4 Å². The monoisotopic (exact) mass is 244 g/mol. The van der Waals surface area contributed by atoms with Gasteiger partial charge in [0.1, 0.15) is 5.69 Å². The highest BCUT2D eigenvalue weighted by atomic mass is 16.1. The molecule has 7 nitrogen and oxygen atoms in total. The molecule has 7 heteroatoms. The zero-order valence-corrected chi connectivity index (χ0v) is 9.50. The fourth-order valence-electron chi connectivity index (χ4n) is 1.30. The van der Waals surface area contributed by atoms with Gasteiger partial charge in [-0.15, -0.1) is 0 Å². The average Bonchev–Trinajstić information content (AvgIpc) is 2.46. The van der Waals surface area contributed by atoms with Crippen LogP contribution in [0.5, 0.6) is 0 Å². The van der Waals surface area contributed by atoms with E-state index in [1.165, 1.54) is 12.4 Å². The highest BCUT2D eigenvalue weighted by Gasteiger charge is 2.07. The lowest BCUT2D eigenvalue weighted by Gasteiger charge is -2.04. The van der Waals surface area contributed by atoms with E-state index in [-0.39, 0.29) is 11.6 Å². The van der Waals surface area contributed by atoms with Crippen molar-refractivity contribution in [1.29, 1.82) is 0 Å². The number of nitrogens with two attached hydrogens (primary N) is 1. The Morgan fingerprint density at radius 2 is 2.17 bits per heavy atom. The average molecular weight is 244 g/mol. The summed E-state index contributed by atoms with van der Waals surface area (Å²) in [6.45, 7) is 0.394. The fraction of sp³-hybridized carbons (Fsp3) is 0.0909. The Balaban J connectivity index is 1.95. The molecule has 0 saturated heterocycles. The number of hydrogen-bond donors (Lipinski definition) is 3. The van der Waals surface area contributed by atoms with Crippen molar-refractivity contribution in [3.05, 3.63) is 48.2 Å². The molecule has 2 heterocycles. The van der Waals surface area contributed by atoms with E-state index in [1.54, 1.807) is 12.4 Å². The van der Waals surface area contributed by atoms with Gasteiger partial charge in [-0.1, -0.05) is 6.07 Å². The van der Waals surface area contributed by atoms with Crippen molar-refractivity contribution < 1.29 is 4.79 Å². The maximum absolute atomic E-state index is 11.7. The molecule has 0 atom stereocenters. The van der Waals surface area contributed by atoms with E-state index in [9.17, 15) is 4.79 Å². The highest BCUT2D eigenvalue weighted by Crippen LogP contribution is 2.00. The molecule has 2 aromatic heterocycles. The summed E-state index contributed by atoms with van der Waals surface area (Å²) in [7, 11) is 0. The Kier molecular flexibility index (Phi) is 3.77. The van der Waals surface area contributed by atoms with Crippen LogP contribution in [-0.2, 0) is 6.54 Å². The summed E-state index contributed by atoms with van der Waals surface area (Å²) in [5, 5.41) is 2.72. The van der Waals surface area contributed by atoms with Crippen LogP contribution in [0.2, 0.25) is 0 Å². The number of rotatable bonds is 4. The molecule has 18 heavy (non-hydrogen) atoms. The van der Waals surface area contributed by atoms with Gasteiger partial charge in [-0.3, -0.25) is 9.78 Å². The van der Waals surface area contributed by atoms with Crippen LogP contribution in [0.15, 0.2) is 36.9 Å². The number of nitrogens with zero attached hydrogens (tertiary/aromatic N) is 3. The Morgan fingerprint density at radius 1 is 1.28 bits per heavy atom. The largest absolute Gasteiger partial charge is 0.347 e. The predicted molar refractivity (Wildman–Crippen MR) is 65.2 cm³/mol. The minimum atomic E-state index is -0.296. The van der Waals surface area contributed by atoms with Crippen LogP contribution in [0, 0.1) is 0 Å². The number of carbonyl (C=O) groups is 1. The van der Waals surface area contributed by atoms with E-state index in [0.717, 1.165) is 5.56 Å². The molecule has 0 radical (unpaired) electrons. The van der Waals surface area contributed by atoms with Crippen LogP contribution in [-0.4, -0.2) is 20.9 Å². The maximum atomic E-state index is 11.7. The lowest BCUT2D eigenvalue weighted by atomic mass is 10.3. The first-order valence-electron chi connectivity index (χ1n) is 5.25. The van der Waals surface area contributed by atoms with Gasteiger partial charge in [-0.2, -0.15) is 0 Å². The van der Waals surface area contributed by atoms with Gasteiger partial charge >= 0.3 is 0 Å². The van der Waals surface area contributed by atoms with Crippen LogP contribution in [0.3, 0.4) is 0 Å². The number of aromatic nitrogens is 3. The summed E-state index contributed by atoms with van der Waals surface area (Å²) in [4.78, 5) is 23.5. The molecule has 0 bridgehead atoms. The molecule has 4 N–H and O–H groups in total. The second-order valence-corrected chi connectivity index (χ2v) is 3.48. The van der Waals surface area contributed by atoms with E-state index in [4.69, 9.17) is 5.84 Å². The molecule has 0 aliphatic rings. The minimum Gasteiger partial charge on any atom is -0.347 e. The maximum Gasteiger partial charge on any atom is 0.271 e. The minimum absolute atomic E-state index is 0.234. The lowest BCUT2D eigenvalue weighted by Crippen LogP contribution is -2.24. The molecule has 0 aromatic carbocycles. The molecule has 2 aromatic rings. The number of hydrazine groups is 1. The van der Waals surface area contributed by atoms with Crippen molar-refractivity contribution in [1.82, 2.24) is 20.3 Å². The molecule has 0 fully saturated rings. The van der Waals surface area contributed by atoms with Crippen molar-refractivity contribution in [2.24, 2.45) is 5.84 Å². The molecule has 92 valence electrons. The number of nitrogens with one attached hydrogen (secondary N) is 2. The standard InChI is InChI=1S/C11H12N6O/c12-17-10-7-14-9(6-15-10)11(18)16-5-8-2-1-3-13-4-8/h1-4,6-7H,5,12H2,(H,15,17)(H,16,18). The molecule has 1 amide bonds. The predicted octanol–water partition coefficient (Wildman–Crippen LogP) is 0.0872. The number of anilines is 1. The van der Waals surface area contributed by atoms with E-state index < -0.39 is 0 Å². The SMILES string of the molecule is NNc1cnc(C(=O)NCc2cccnc2)cn1. The van der Waals surface area contributed by atoms with Crippen molar-refractivity contribution in [3.63, 3.8) is 0 Å². The van der Waals surface area contributed by atoms with E-state index >= 15 is 0 Å². The van der Waals surface area contributed by atoms with Crippen LogP contribution < -0.4 is 16.6 Å². The van der Waals surface area contributed by atoms with Crippen LogP contribution >= 0.6 is 0 Å². The summed E-state index contributed by atoms with van der Waals surface area (Å²) in [5.74, 6) is 5.26. The van der Waals surface area contributed by atoms with Gasteiger partial charge in [0, 0.05) is 18.9 Å². The third-order valence-corrected chi connectivity index (χ3v) is 2.21. The summed E-state index contributed by atoms with van der Waals surface area (Å²) < 4.78 is 0. The summed E-state index contributed by atoms with van der Waals surface area (Å²) in [5.41, 5.74) is 3.49. The number of carbonyl (C=O) groups excluding carboxylic acids is 1. The molecule has 0 aliphatic carbocycles. The second-order valence-electron chi connectivity index (χ2n) is 3.48. The highest BCUT2D eigenvalue weighted by molar-refractivity contribution is 5.91. The molecule has 2 rings (SSSR count). The first kappa shape index (κ1) is 11.9. The van der Waals surface area contributed by atoms with E-state index in [1.807, 2.05) is 12.1 Å². The summed E-state index contributed by atoms with van der Waals surface area (Å²) in [6.07, 6.45) is 6.11. The zero-order chi connectivity index (χ0) is 12.8. The quantitative estimate of drug-likeness (QED) is 0.520. The third kappa shape index (κ3) is 2.98. The molecule has 0 aliphatic heterocycles. The van der Waals surface area contributed by atoms with Crippen LogP contribution in [0.1, 0.15) is 16.1 Å². The molecule has 0 saturated carbocycles. The van der Waals surface area contributed by atoms with Crippen molar-refractivity contribution in [2.45, 2.75) is 6.54 Å². The van der Waals surface area contributed by atoms with Gasteiger partial charge in [-0.25, -0.2) is 15.8 Å². The van der Waals surface area contributed by atoms with Crippen molar-refractivity contribution in [2.75, 3.05) is 5.43 Å². The third-order valence-electron chi connectivity index (χ3n) is 2.21. The van der Waals surface area contributed by atoms with Gasteiger partial charge in [-0.05, 0) is 11.6 Å². The summed E-state index contributed by atoms with van der Waals surface area (Å²) in [6, 6.07) is 3.68. The molecular weight excluding hydrogens is 232 g/mol. The number of hydrogen-bond acceptors (Lipinski definition) is 6. The Hall–Kier alpha value is -2.54. The molecule has 0 unspecified atom stereocenters. The second kappa shape index (κ2) is 5.69. The fourth-order valence-corrected chi connectivity index (χ4v) is 1.30. The number of amides is 1. The Morgan fingerprint density at radius 3 is 2.78 bits per heavy atom. The smallest absolute Gasteiger partial charge is 0.271 e. The number of pyridine rings is 1. The van der Waals surface area contributed by atoms with Gasteiger partial charge in [0.15, 0.2) is 5.82 Å². The van der Waals surface area contributed by atoms with Gasteiger partial charge in [0.2, 0.25) is 0 Å². The van der Waals surface area contributed by atoms with E-state index in [2.05, 4.69) is 25.7 Å². The Bertz CT molecular complexity index is 513. The first-order valence-corrected chi connectivity index (χ1v) is 5.25. The van der Waals surface area contributed by atoms with Crippen molar-refractivity contribution in [3.8, 4) is 0 Å². The normalized spacial score (nSPS) is 9.83.